The molecule has 4 heteroatoms. The predicted molar refractivity (Wildman–Crippen MR) is 87.0 cm³/mol. The van der Waals surface area contributed by atoms with Crippen LogP contribution in [-0.4, -0.2) is 16.6 Å². The van der Waals surface area contributed by atoms with Gasteiger partial charge in [-0.2, -0.15) is 0 Å². The van der Waals surface area contributed by atoms with Crippen molar-refractivity contribution in [1.82, 2.24) is 9.55 Å². The minimum atomic E-state index is 0.838. The topological polar surface area (TPSA) is 21.1 Å². The third-order valence-corrected chi connectivity index (χ3v) is 3.97. The van der Waals surface area contributed by atoms with E-state index in [1.165, 1.54) is 5.56 Å². The molecular formula is C16H16BrN3. The first-order valence-corrected chi connectivity index (χ1v) is 7.31. The Morgan fingerprint density at radius 2 is 1.80 bits per heavy atom. The van der Waals surface area contributed by atoms with Crippen molar-refractivity contribution in [3.05, 3.63) is 58.6 Å². The molecule has 0 aliphatic rings. The molecule has 3 nitrogen and oxygen atoms in total. The summed E-state index contributed by atoms with van der Waals surface area (Å²) in [6, 6.07) is 16.6. The molecule has 20 heavy (non-hydrogen) atoms. The van der Waals surface area contributed by atoms with Crippen LogP contribution in [0.3, 0.4) is 0 Å². The molecule has 102 valence electrons. The fourth-order valence-electron chi connectivity index (χ4n) is 2.41. The Bertz CT molecular complexity index is 731. The minimum Gasteiger partial charge on any atom is -0.341 e. The summed E-state index contributed by atoms with van der Waals surface area (Å²) in [6.45, 7) is 0.838. The number of anilines is 1. The summed E-state index contributed by atoms with van der Waals surface area (Å²) in [6.07, 6.45) is 0. The SMILES string of the molecule is CN(Cc1ccc(Br)cc1)c1nc2ccccc2n1C. The second-order valence-electron chi connectivity index (χ2n) is 4.94. The van der Waals surface area contributed by atoms with Gasteiger partial charge in [-0.05, 0) is 29.8 Å². The van der Waals surface area contributed by atoms with Crippen molar-refractivity contribution in [2.75, 3.05) is 11.9 Å². The average molecular weight is 330 g/mol. The molecule has 0 amide bonds. The highest BCUT2D eigenvalue weighted by molar-refractivity contribution is 9.10. The van der Waals surface area contributed by atoms with Gasteiger partial charge in [0.1, 0.15) is 0 Å². The van der Waals surface area contributed by atoms with Crippen molar-refractivity contribution in [3.63, 3.8) is 0 Å². The fraction of sp³-hybridized carbons (Fsp3) is 0.188. The van der Waals surface area contributed by atoms with Crippen molar-refractivity contribution < 1.29 is 0 Å². The molecule has 0 radical (unpaired) electrons. The lowest BCUT2D eigenvalue weighted by molar-refractivity contribution is 0.818. The number of aryl methyl sites for hydroxylation is 1. The van der Waals surface area contributed by atoms with Gasteiger partial charge in [-0.15, -0.1) is 0 Å². The maximum atomic E-state index is 4.71. The van der Waals surface area contributed by atoms with Crippen LogP contribution in [0.25, 0.3) is 11.0 Å². The van der Waals surface area contributed by atoms with Crippen LogP contribution in [0.1, 0.15) is 5.56 Å². The van der Waals surface area contributed by atoms with Crippen LogP contribution in [0.2, 0.25) is 0 Å². The van der Waals surface area contributed by atoms with Crippen LogP contribution in [0.5, 0.6) is 0 Å². The first-order chi connectivity index (χ1) is 9.65. The van der Waals surface area contributed by atoms with Gasteiger partial charge in [0.15, 0.2) is 0 Å². The van der Waals surface area contributed by atoms with Crippen LogP contribution < -0.4 is 4.90 Å². The largest absolute Gasteiger partial charge is 0.341 e. The number of nitrogens with zero attached hydrogens (tertiary/aromatic N) is 3. The van der Waals surface area contributed by atoms with Crippen molar-refractivity contribution in [2.24, 2.45) is 7.05 Å². The lowest BCUT2D eigenvalue weighted by Gasteiger charge is -2.18. The number of benzene rings is 2. The molecule has 0 N–H and O–H groups in total. The van der Waals surface area contributed by atoms with Gasteiger partial charge in [0.25, 0.3) is 0 Å². The summed E-state index contributed by atoms with van der Waals surface area (Å²) in [5.41, 5.74) is 3.46. The van der Waals surface area contributed by atoms with Crippen molar-refractivity contribution >= 4 is 32.9 Å². The van der Waals surface area contributed by atoms with Gasteiger partial charge in [-0.25, -0.2) is 4.98 Å². The number of imidazole rings is 1. The lowest BCUT2D eigenvalue weighted by atomic mass is 10.2. The summed E-state index contributed by atoms with van der Waals surface area (Å²) in [4.78, 5) is 6.88. The van der Waals surface area contributed by atoms with Crippen LogP contribution in [-0.2, 0) is 13.6 Å². The number of para-hydroxylation sites is 2. The summed E-state index contributed by atoms with van der Waals surface area (Å²) in [5, 5.41) is 0. The number of hydrogen-bond acceptors (Lipinski definition) is 2. The molecule has 0 spiro atoms. The first kappa shape index (κ1) is 13.2. The highest BCUT2D eigenvalue weighted by Gasteiger charge is 2.11. The molecular weight excluding hydrogens is 314 g/mol. The Morgan fingerprint density at radius 3 is 2.50 bits per heavy atom. The van der Waals surface area contributed by atoms with E-state index in [1.807, 2.05) is 18.2 Å². The summed E-state index contributed by atoms with van der Waals surface area (Å²) in [5.74, 6) is 0.981. The van der Waals surface area contributed by atoms with Crippen LogP contribution in [0.4, 0.5) is 5.95 Å². The molecule has 0 aliphatic carbocycles. The van der Waals surface area contributed by atoms with Crippen LogP contribution in [0, 0.1) is 0 Å². The second kappa shape index (κ2) is 5.29. The van der Waals surface area contributed by atoms with Gasteiger partial charge in [0.2, 0.25) is 5.95 Å². The minimum absolute atomic E-state index is 0.838. The molecule has 0 saturated heterocycles. The highest BCUT2D eigenvalue weighted by atomic mass is 79.9. The van der Waals surface area contributed by atoms with E-state index < -0.39 is 0 Å². The van der Waals surface area contributed by atoms with Crippen molar-refractivity contribution in [2.45, 2.75) is 6.54 Å². The number of hydrogen-bond donors (Lipinski definition) is 0. The number of rotatable bonds is 3. The molecule has 0 atom stereocenters. The molecule has 1 heterocycles. The zero-order valence-corrected chi connectivity index (χ0v) is 13.1. The molecule has 3 aromatic rings. The number of halogens is 1. The molecule has 0 aliphatic heterocycles. The molecule has 2 aromatic carbocycles. The Labute approximate surface area is 127 Å². The molecule has 0 fully saturated rings. The van der Waals surface area contributed by atoms with Gasteiger partial charge in [-0.3, -0.25) is 0 Å². The third kappa shape index (κ3) is 2.43. The average Bonchev–Trinajstić information content (AvgIpc) is 2.79. The quantitative estimate of drug-likeness (QED) is 0.724. The zero-order chi connectivity index (χ0) is 14.1. The summed E-state index contributed by atoms with van der Waals surface area (Å²) >= 11 is 3.46. The monoisotopic (exact) mass is 329 g/mol. The van der Waals surface area contributed by atoms with E-state index in [1.54, 1.807) is 0 Å². The maximum absolute atomic E-state index is 4.71. The van der Waals surface area contributed by atoms with E-state index >= 15 is 0 Å². The van der Waals surface area contributed by atoms with Gasteiger partial charge in [0.05, 0.1) is 11.0 Å². The molecule has 0 bridgehead atoms. The lowest BCUT2D eigenvalue weighted by Crippen LogP contribution is -2.19. The maximum Gasteiger partial charge on any atom is 0.206 e. The Balaban J connectivity index is 1.90. The normalized spacial score (nSPS) is 10.9. The van der Waals surface area contributed by atoms with Gasteiger partial charge >= 0.3 is 0 Å². The van der Waals surface area contributed by atoms with Gasteiger partial charge in [0, 0.05) is 25.1 Å². The Kier molecular flexibility index (Phi) is 3.49. The highest BCUT2D eigenvalue weighted by Crippen LogP contribution is 2.21. The van der Waals surface area contributed by atoms with E-state index in [-0.39, 0.29) is 0 Å². The third-order valence-electron chi connectivity index (χ3n) is 3.44. The molecule has 0 saturated carbocycles. The standard InChI is InChI=1S/C16H16BrN3/c1-19(11-12-7-9-13(17)10-8-12)16-18-14-5-3-4-6-15(14)20(16)2/h3-10H,11H2,1-2H3. The predicted octanol–water partition coefficient (Wildman–Crippen LogP) is 3.97. The summed E-state index contributed by atoms with van der Waals surface area (Å²) in [7, 11) is 4.13. The van der Waals surface area contributed by atoms with E-state index in [4.69, 9.17) is 4.98 Å². The van der Waals surface area contributed by atoms with E-state index in [2.05, 4.69) is 69.8 Å². The number of fused-ring (bicyclic) bond motifs is 1. The van der Waals surface area contributed by atoms with Gasteiger partial charge < -0.3 is 9.47 Å². The van der Waals surface area contributed by atoms with Crippen LogP contribution >= 0.6 is 15.9 Å². The molecule has 0 unspecified atom stereocenters. The summed E-state index contributed by atoms with van der Waals surface area (Å²) < 4.78 is 3.24. The first-order valence-electron chi connectivity index (χ1n) is 6.52. The second-order valence-corrected chi connectivity index (χ2v) is 5.86. The van der Waals surface area contributed by atoms with Crippen molar-refractivity contribution in [3.8, 4) is 0 Å². The number of aromatic nitrogens is 2. The fourth-order valence-corrected chi connectivity index (χ4v) is 2.67. The van der Waals surface area contributed by atoms with E-state index in [0.29, 0.717) is 0 Å². The molecule has 1 aromatic heterocycles. The van der Waals surface area contributed by atoms with Crippen molar-refractivity contribution in [1.29, 1.82) is 0 Å². The molecule has 3 rings (SSSR count). The van der Waals surface area contributed by atoms with Gasteiger partial charge in [-0.1, -0.05) is 40.2 Å². The Morgan fingerprint density at radius 1 is 1.10 bits per heavy atom. The smallest absolute Gasteiger partial charge is 0.206 e. The van der Waals surface area contributed by atoms with Crippen LogP contribution in [0.15, 0.2) is 53.0 Å². The zero-order valence-electron chi connectivity index (χ0n) is 11.5. The van der Waals surface area contributed by atoms with E-state index in [9.17, 15) is 0 Å². The Hall–Kier alpha value is -1.81. The van der Waals surface area contributed by atoms with E-state index in [0.717, 1.165) is 28.0 Å².